The van der Waals surface area contributed by atoms with E-state index in [0.29, 0.717) is 33.5 Å². The molecule has 0 spiro atoms. The lowest BCUT2D eigenvalue weighted by Gasteiger charge is -2.11. The van der Waals surface area contributed by atoms with Crippen LogP contribution in [-0.2, 0) is 11.3 Å². The second-order valence-electron chi connectivity index (χ2n) is 6.25. The molecule has 0 saturated carbocycles. The Kier molecular flexibility index (Phi) is 7.11. The highest BCUT2D eigenvalue weighted by atomic mass is 35.5. The predicted octanol–water partition coefficient (Wildman–Crippen LogP) is 4.97. The van der Waals surface area contributed by atoms with Crippen molar-refractivity contribution in [1.82, 2.24) is 5.32 Å². The Hall–Kier alpha value is -3.02. The molecule has 0 aliphatic carbocycles. The molecule has 5 nitrogen and oxygen atoms in total. The highest BCUT2D eigenvalue weighted by Gasteiger charge is 2.09. The van der Waals surface area contributed by atoms with Gasteiger partial charge in [-0.2, -0.15) is 0 Å². The number of anilines is 2. The van der Waals surface area contributed by atoms with E-state index in [1.165, 1.54) is 0 Å². The number of carbonyl (C=O) groups excluding carboxylic acids is 2. The molecule has 148 valence electrons. The lowest BCUT2D eigenvalue weighted by Crippen LogP contribution is -2.24. The number of amides is 2. The number of hydrogen-bond donors (Lipinski definition) is 3. The molecule has 0 atom stereocenters. The quantitative estimate of drug-likeness (QED) is 0.498. The number of hydrogen-bond acceptors (Lipinski definition) is 3. The Balaban J connectivity index is 1.54. The molecule has 0 aliphatic rings. The largest absolute Gasteiger partial charge is 0.376 e. The standard InChI is InChI=1S/C22H19Cl2N3O2/c23-18-10-5-11-19(21(18)24)27-20(28)14-25-17-9-4-8-16(12-17)22(29)26-13-15-6-2-1-3-7-15/h1-12,25H,13-14H2,(H,26,29)(H,27,28). The number of halogens is 2. The maximum Gasteiger partial charge on any atom is 0.251 e. The van der Waals surface area contributed by atoms with Crippen molar-refractivity contribution in [2.45, 2.75) is 6.54 Å². The summed E-state index contributed by atoms with van der Waals surface area (Å²) >= 11 is 12.0. The van der Waals surface area contributed by atoms with Crippen molar-refractivity contribution in [2.24, 2.45) is 0 Å². The van der Waals surface area contributed by atoms with Crippen molar-refractivity contribution in [3.8, 4) is 0 Å². The van der Waals surface area contributed by atoms with E-state index in [4.69, 9.17) is 23.2 Å². The van der Waals surface area contributed by atoms with Crippen molar-refractivity contribution in [3.05, 3.63) is 94.0 Å². The summed E-state index contributed by atoms with van der Waals surface area (Å²) in [5.74, 6) is -0.472. The van der Waals surface area contributed by atoms with Gasteiger partial charge in [-0.05, 0) is 35.9 Å². The third-order valence-corrected chi connectivity index (χ3v) is 4.92. The van der Waals surface area contributed by atoms with Gasteiger partial charge < -0.3 is 16.0 Å². The molecule has 0 heterocycles. The van der Waals surface area contributed by atoms with Gasteiger partial charge >= 0.3 is 0 Å². The highest BCUT2D eigenvalue weighted by Crippen LogP contribution is 2.29. The van der Waals surface area contributed by atoms with E-state index in [2.05, 4.69) is 16.0 Å². The SMILES string of the molecule is O=C(CNc1cccc(C(=O)NCc2ccccc2)c1)Nc1cccc(Cl)c1Cl. The molecular formula is C22H19Cl2N3O2. The van der Waals surface area contributed by atoms with Gasteiger partial charge in [0.15, 0.2) is 0 Å². The fourth-order valence-corrected chi connectivity index (χ4v) is 2.98. The van der Waals surface area contributed by atoms with Crippen LogP contribution in [0.25, 0.3) is 0 Å². The van der Waals surface area contributed by atoms with E-state index < -0.39 is 0 Å². The van der Waals surface area contributed by atoms with E-state index in [1.54, 1.807) is 42.5 Å². The average molecular weight is 428 g/mol. The first-order valence-corrected chi connectivity index (χ1v) is 9.68. The summed E-state index contributed by atoms with van der Waals surface area (Å²) in [6, 6.07) is 21.6. The summed E-state index contributed by atoms with van der Waals surface area (Å²) in [4.78, 5) is 24.5. The number of benzene rings is 3. The number of rotatable bonds is 7. The zero-order valence-corrected chi connectivity index (χ0v) is 16.9. The zero-order valence-electron chi connectivity index (χ0n) is 15.4. The van der Waals surface area contributed by atoms with Gasteiger partial charge in [0.2, 0.25) is 5.91 Å². The van der Waals surface area contributed by atoms with E-state index in [9.17, 15) is 9.59 Å². The molecule has 3 rings (SSSR count). The van der Waals surface area contributed by atoms with Crippen LogP contribution >= 0.6 is 23.2 Å². The topological polar surface area (TPSA) is 70.2 Å². The van der Waals surface area contributed by atoms with Gasteiger partial charge in [0.25, 0.3) is 5.91 Å². The first-order chi connectivity index (χ1) is 14.0. The lowest BCUT2D eigenvalue weighted by molar-refractivity contribution is -0.114. The van der Waals surface area contributed by atoms with Crippen molar-refractivity contribution < 1.29 is 9.59 Å². The van der Waals surface area contributed by atoms with Crippen LogP contribution in [-0.4, -0.2) is 18.4 Å². The molecule has 3 aromatic carbocycles. The predicted molar refractivity (Wildman–Crippen MR) is 118 cm³/mol. The zero-order chi connectivity index (χ0) is 20.6. The van der Waals surface area contributed by atoms with Crippen LogP contribution in [0.3, 0.4) is 0 Å². The van der Waals surface area contributed by atoms with Gasteiger partial charge in [0.1, 0.15) is 0 Å². The van der Waals surface area contributed by atoms with Crippen LogP contribution in [0.4, 0.5) is 11.4 Å². The Morgan fingerprint density at radius 2 is 1.62 bits per heavy atom. The van der Waals surface area contributed by atoms with Gasteiger partial charge in [0.05, 0.1) is 22.3 Å². The van der Waals surface area contributed by atoms with Gasteiger partial charge in [0, 0.05) is 17.8 Å². The van der Waals surface area contributed by atoms with Crippen molar-refractivity contribution in [2.75, 3.05) is 17.2 Å². The Morgan fingerprint density at radius 1 is 0.862 bits per heavy atom. The van der Waals surface area contributed by atoms with Gasteiger partial charge in [-0.1, -0.05) is 65.7 Å². The Bertz CT molecular complexity index is 1010. The molecule has 0 fully saturated rings. The summed E-state index contributed by atoms with van der Waals surface area (Å²) in [5.41, 5.74) is 2.63. The fraction of sp³-hybridized carbons (Fsp3) is 0.0909. The summed E-state index contributed by atoms with van der Waals surface area (Å²) < 4.78 is 0. The molecule has 7 heteroatoms. The van der Waals surface area contributed by atoms with Gasteiger partial charge in [-0.3, -0.25) is 9.59 Å². The Labute approximate surface area is 179 Å². The normalized spacial score (nSPS) is 10.3. The van der Waals surface area contributed by atoms with E-state index >= 15 is 0 Å². The lowest BCUT2D eigenvalue weighted by atomic mass is 10.1. The first kappa shape index (κ1) is 20.7. The third kappa shape index (κ3) is 5.98. The third-order valence-electron chi connectivity index (χ3n) is 4.10. The number of nitrogens with one attached hydrogen (secondary N) is 3. The molecule has 0 radical (unpaired) electrons. The molecule has 3 aromatic rings. The van der Waals surface area contributed by atoms with Crippen molar-refractivity contribution in [1.29, 1.82) is 0 Å². The van der Waals surface area contributed by atoms with Crippen LogP contribution in [0.5, 0.6) is 0 Å². The maximum absolute atomic E-state index is 12.4. The molecule has 3 N–H and O–H groups in total. The average Bonchev–Trinajstić information content (AvgIpc) is 2.75. The van der Waals surface area contributed by atoms with E-state index in [1.807, 2.05) is 30.3 Å². The molecular weight excluding hydrogens is 409 g/mol. The molecule has 2 amide bonds. The molecule has 0 saturated heterocycles. The Morgan fingerprint density at radius 3 is 2.41 bits per heavy atom. The van der Waals surface area contributed by atoms with Gasteiger partial charge in [-0.15, -0.1) is 0 Å². The monoisotopic (exact) mass is 427 g/mol. The molecule has 0 aliphatic heterocycles. The summed E-state index contributed by atoms with van der Waals surface area (Å²) in [7, 11) is 0. The molecule has 0 unspecified atom stereocenters. The maximum atomic E-state index is 12.4. The second kappa shape index (κ2) is 9.96. The number of carbonyl (C=O) groups is 2. The first-order valence-electron chi connectivity index (χ1n) is 8.93. The smallest absolute Gasteiger partial charge is 0.251 e. The van der Waals surface area contributed by atoms with Crippen molar-refractivity contribution in [3.63, 3.8) is 0 Å². The molecule has 29 heavy (non-hydrogen) atoms. The fourth-order valence-electron chi connectivity index (χ4n) is 2.63. The van der Waals surface area contributed by atoms with E-state index in [0.717, 1.165) is 5.56 Å². The summed E-state index contributed by atoms with van der Waals surface area (Å²) in [5, 5.41) is 9.24. The molecule has 0 bridgehead atoms. The molecule has 0 aromatic heterocycles. The summed E-state index contributed by atoms with van der Waals surface area (Å²) in [6.45, 7) is 0.456. The van der Waals surface area contributed by atoms with Gasteiger partial charge in [-0.25, -0.2) is 0 Å². The minimum absolute atomic E-state index is 0.0118. The second-order valence-corrected chi connectivity index (χ2v) is 7.04. The van der Waals surface area contributed by atoms with Crippen LogP contribution < -0.4 is 16.0 Å². The van der Waals surface area contributed by atoms with Crippen LogP contribution in [0, 0.1) is 0 Å². The van der Waals surface area contributed by atoms with E-state index in [-0.39, 0.29) is 18.4 Å². The van der Waals surface area contributed by atoms with Crippen molar-refractivity contribution >= 4 is 46.4 Å². The van der Waals surface area contributed by atoms with Crippen LogP contribution in [0.2, 0.25) is 10.0 Å². The van der Waals surface area contributed by atoms with Crippen LogP contribution in [0.1, 0.15) is 15.9 Å². The minimum atomic E-state index is -0.284. The van der Waals surface area contributed by atoms with Crippen LogP contribution in [0.15, 0.2) is 72.8 Å². The highest BCUT2D eigenvalue weighted by molar-refractivity contribution is 6.44. The summed E-state index contributed by atoms with van der Waals surface area (Å²) in [6.07, 6.45) is 0. The minimum Gasteiger partial charge on any atom is -0.376 e.